The molecule has 0 saturated heterocycles. The first-order valence-corrected chi connectivity index (χ1v) is 6.10. The Hall–Kier alpha value is -1.94. The molecule has 0 atom stereocenters. The molecule has 2 N–H and O–H groups in total. The maximum Gasteiger partial charge on any atom is 0.327 e. The first kappa shape index (κ1) is 11.2. The fourth-order valence-corrected chi connectivity index (χ4v) is 2.31. The lowest BCUT2D eigenvalue weighted by atomic mass is 10.1. The molecule has 2 aliphatic rings. The number of halogens is 1. The van der Waals surface area contributed by atoms with Gasteiger partial charge in [-0.3, -0.25) is 0 Å². The van der Waals surface area contributed by atoms with E-state index in [9.17, 15) is 4.79 Å². The fourth-order valence-electron chi connectivity index (χ4n) is 2.13. The molecule has 4 nitrogen and oxygen atoms in total. The van der Waals surface area contributed by atoms with E-state index in [0.29, 0.717) is 11.6 Å². The minimum absolute atomic E-state index is 0.140. The second-order valence-corrected chi connectivity index (χ2v) is 4.57. The van der Waals surface area contributed by atoms with Crippen LogP contribution in [-0.2, 0) is 0 Å². The normalized spacial score (nSPS) is 18.3. The van der Waals surface area contributed by atoms with Crippen LogP contribution >= 0.6 is 11.6 Å². The topological polar surface area (TPSA) is 44.4 Å². The van der Waals surface area contributed by atoms with E-state index in [1.165, 1.54) is 0 Å². The average Bonchev–Trinajstić information content (AvgIpc) is 2.38. The summed E-state index contributed by atoms with van der Waals surface area (Å²) in [6, 6.07) is 7.12. The molecule has 0 fully saturated rings. The molecule has 5 heteroatoms. The Balaban J connectivity index is 2.08. The van der Waals surface area contributed by atoms with Crippen molar-refractivity contribution in [3.63, 3.8) is 0 Å². The maximum absolute atomic E-state index is 12.0. The Labute approximate surface area is 110 Å². The second-order valence-electron chi connectivity index (χ2n) is 4.13. The third-order valence-corrected chi connectivity index (χ3v) is 3.17. The number of anilines is 1. The number of benzene rings is 1. The van der Waals surface area contributed by atoms with Crippen molar-refractivity contribution in [1.82, 2.24) is 10.6 Å². The Morgan fingerprint density at radius 1 is 1.28 bits per heavy atom. The number of hydrogen-bond donors (Lipinski definition) is 2. The molecule has 0 unspecified atom stereocenters. The van der Waals surface area contributed by atoms with Gasteiger partial charge in [0.2, 0.25) is 0 Å². The molecule has 1 aromatic rings. The summed E-state index contributed by atoms with van der Waals surface area (Å²) in [7, 11) is 0. The zero-order valence-electron chi connectivity index (χ0n) is 9.61. The summed E-state index contributed by atoms with van der Waals surface area (Å²) in [4.78, 5) is 13.7. The lowest BCUT2D eigenvalue weighted by molar-refractivity contribution is 0.247. The van der Waals surface area contributed by atoms with E-state index in [1.54, 1.807) is 17.0 Å². The Bertz CT molecular complexity index is 565. The lowest BCUT2D eigenvalue weighted by Gasteiger charge is -2.33. The molecular formula is C13H12ClN3O. The molecule has 18 heavy (non-hydrogen) atoms. The van der Waals surface area contributed by atoms with Gasteiger partial charge in [0, 0.05) is 23.7 Å². The van der Waals surface area contributed by atoms with Gasteiger partial charge >= 0.3 is 6.03 Å². The monoisotopic (exact) mass is 261 g/mol. The van der Waals surface area contributed by atoms with Gasteiger partial charge in [-0.25, -0.2) is 9.69 Å². The highest BCUT2D eigenvalue weighted by Crippen LogP contribution is 2.26. The van der Waals surface area contributed by atoms with Crippen LogP contribution in [0.25, 0.3) is 0 Å². The summed E-state index contributed by atoms with van der Waals surface area (Å²) in [6.45, 7) is 1.28. The molecule has 92 valence electrons. The number of carbonyl (C=O) groups is 1. The summed E-state index contributed by atoms with van der Waals surface area (Å²) in [6.07, 6.45) is 4.06. The van der Waals surface area contributed by atoms with Crippen LogP contribution < -0.4 is 15.5 Å². The second kappa shape index (κ2) is 4.38. The van der Waals surface area contributed by atoms with E-state index in [0.717, 1.165) is 23.6 Å². The molecule has 0 spiro atoms. The van der Waals surface area contributed by atoms with E-state index >= 15 is 0 Å². The summed E-state index contributed by atoms with van der Waals surface area (Å²) < 4.78 is 0. The van der Waals surface area contributed by atoms with Crippen molar-refractivity contribution >= 4 is 23.3 Å². The van der Waals surface area contributed by atoms with Crippen LogP contribution in [-0.4, -0.2) is 19.1 Å². The summed E-state index contributed by atoms with van der Waals surface area (Å²) >= 11 is 5.98. The van der Waals surface area contributed by atoms with E-state index in [1.807, 2.05) is 24.3 Å². The van der Waals surface area contributed by atoms with Crippen molar-refractivity contribution in [2.75, 3.05) is 18.0 Å². The quantitative estimate of drug-likeness (QED) is 0.814. The van der Waals surface area contributed by atoms with E-state index in [2.05, 4.69) is 10.6 Å². The van der Waals surface area contributed by atoms with Gasteiger partial charge in [0.25, 0.3) is 0 Å². The van der Waals surface area contributed by atoms with Crippen LogP contribution in [0.2, 0.25) is 5.02 Å². The molecule has 3 rings (SSSR count). The maximum atomic E-state index is 12.0. The lowest BCUT2D eigenvalue weighted by Crippen LogP contribution is -2.50. The fraction of sp³-hybridized carbons (Fsp3) is 0.154. The molecule has 0 radical (unpaired) electrons. The van der Waals surface area contributed by atoms with E-state index < -0.39 is 0 Å². The third-order valence-electron chi connectivity index (χ3n) is 2.93. The van der Waals surface area contributed by atoms with E-state index in [-0.39, 0.29) is 6.03 Å². The van der Waals surface area contributed by atoms with Crippen molar-refractivity contribution in [3.8, 4) is 0 Å². The van der Waals surface area contributed by atoms with Gasteiger partial charge in [-0.1, -0.05) is 29.8 Å². The summed E-state index contributed by atoms with van der Waals surface area (Å²) in [5.74, 6) is 0.837. The predicted octanol–water partition coefficient (Wildman–Crippen LogP) is 2.24. The van der Waals surface area contributed by atoms with Crippen molar-refractivity contribution < 1.29 is 4.79 Å². The molecule has 2 heterocycles. The highest BCUT2D eigenvalue weighted by atomic mass is 35.5. The first-order chi connectivity index (χ1) is 8.75. The van der Waals surface area contributed by atoms with Gasteiger partial charge in [-0.15, -0.1) is 0 Å². The zero-order valence-corrected chi connectivity index (χ0v) is 10.4. The van der Waals surface area contributed by atoms with Gasteiger partial charge in [-0.2, -0.15) is 0 Å². The van der Waals surface area contributed by atoms with Crippen molar-refractivity contribution in [3.05, 3.63) is 52.8 Å². The van der Waals surface area contributed by atoms with Crippen LogP contribution in [0.4, 0.5) is 10.5 Å². The van der Waals surface area contributed by atoms with Gasteiger partial charge in [0.15, 0.2) is 0 Å². The predicted molar refractivity (Wildman–Crippen MR) is 71.5 cm³/mol. The van der Waals surface area contributed by atoms with Gasteiger partial charge in [-0.05, 0) is 18.2 Å². The number of hydrogen-bond acceptors (Lipinski definition) is 2. The number of rotatable bonds is 1. The van der Waals surface area contributed by atoms with Crippen LogP contribution in [0.15, 0.2) is 47.8 Å². The molecule has 0 aromatic heterocycles. The molecule has 0 aliphatic carbocycles. The summed E-state index contributed by atoms with van der Waals surface area (Å²) in [5.41, 5.74) is 1.83. The number of amides is 2. The number of carbonyl (C=O) groups excluding carboxylic acids is 1. The third kappa shape index (κ3) is 1.84. The molecule has 0 bridgehead atoms. The van der Waals surface area contributed by atoms with Gasteiger partial charge in [0.05, 0.1) is 5.69 Å². The SMILES string of the molecule is O=C1NCC2=C(NCC=C2)N1c1cccc(Cl)c1. The van der Waals surface area contributed by atoms with Crippen LogP contribution in [0.5, 0.6) is 0 Å². The van der Waals surface area contributed by atoms with Crippen LogP contribution in [0, 0.1) is 0 Å². The molecule has 1 aromatic carbocycles. The number of nitrogens with zero attached hydrogens (tertiary/aromatic N) is 1. The number of urea groups is 1. The van der Waals surface area contributed by atoms with Crippen LogP contribution in [0.3, 0.4) is 0 Å². The zero-order chi connectivity index (χ0) is 12.5. The number of nitrogens with one attached hydrogen (secondary N) is 2. The van der Waals surface area contributed by atoms with Gasteiger partial charge in [0.1, 0.15) is 5.82 Å². The molecule has 2 amide bonds. The average molecular weight is 262 g/mol. The van der Waals surface area contributed by atoms with Gasteiger partial charge < -0.3 is 10.6 Å². The Kier molecular flexibility index (Phi) is 2.72. The standard InChI is InChI=1S/C13H12ClN3O/c14-10-4-1-5-11(7-10)17-12-9(3-2-6-15-12)8-16-13(17)18/h1-5,7,15H,6,8H2,(H,16,18). The highest BCUT2D eigenvalue weighted by Gasteiger charge is 2.27. The largest absolute Gasteiger partial charge is 0.367 e. The summed E-state index contributed by atoms with van der Waals surface area (Å²) in [5, 5.41) is 6.69. The van der Waals surface area contributed by atoms with Crippen molar-refractivity contribution in [1.29, 1.82) is 0 Å². The van der Waals surface area contributed by atoms with Crippen molar-refractivity contribution in [2.45, 2.75) is 0 Å². The van der Waals surface area contributed by atoms with Crippen molar-refractivity contribution in [2.24, 2.45) is 0 Å². The number of dihydropyridines is 1. The first-order valence-electron chi connectivity index (χ1n) is 5.73. The molecular weight excluding hydrogens is 250 g/mol. The van der Waals surface area contributed by atoms with Crippen LogP contribution in [0.1, 0.15) is 0 Å². The molecule has 0 saturated carbocycles. The Morgan fingerprint density at radius 3 is 3.00 bits per heavy atom. The highest BCUT2D eigenvalue weighted by molar-refractivity contribution is 6.31. The minimum Gasteiger partial charge on any atom is -0.367 e. The van der Waals surface area contributed by atoms with E-state index in [4.69, 9.17) is 11.6 Å². The molecule has 2 aliphatic heterocycles. The minimum atomic E-state index is -0.140. The smallest absolute Gasteiger partial charge is 0.327 e. The Morgan fingerprint density at radius 2 is 2.17 bits per heavy atom.